The lowest BCUT2D eigenvalue weighted by Gasteiger charge is -2.30. The first-order valence-corrected chi connectivity index (χ1v) is 6.50. The molecule has 3 nitrogen and oxygen atoms in total. The summed E-state index contributed by atoms with van der Waals surface area (Å²) in [6.07, 6.45) is 3.49. The molecule has 1 heterocycles. The van der Waals surface area contributed by atoms with Crippen LogP contribution in [0.1, 0.15) is 19.3 Å². The molecule has 0 aromatic heterocycles. The van der Waals surface area contributed by atoms with E-state index in [-0.39, 0.29) is 0 Å². The highest BCUT2D eigenvalue weighted by molar-refractivity contribution is 5.20. The van der Waals surface area contributed by atoms with Crippen molar-refractivity contribution in [3.8, 4) is 5.75 Å². The van der Waals surface area contributed by atoms with Crippen LogP contribution in [0, 0.1) is 0 Å². The standard InChI is InChI=1S/C14H22N2O/c15-13-6-4-9-16(12-13)10-5-11-17-14-7-2-1-3-8-14/h1-3,7-8,13H,4-6,9-12,15H2. The maximum Gasteiger partial charge on any atom is 0.119 e. The summed E-state index contributed by atoms with van der Waals surface area (Å²) in [6, 6.07) is 10.4. The number of hydrogen-bond donors (Lipinski definition) is 1. The van der Waals surface area contributed by atoms with Crippen molar-refractivity contribution in [2.45, 2.75) is 25.3 Å². The van der Waals surface area contributed by atoms with E-state index in [0.717, 1.165) is 31.9 Å². The van der Waals surface area contributed by atoms with Gasteiger partial charge in [-0.1, -0.05) is 18.2 Å². The average molecular weight is 234 g/mol. The van der Waals surface area contributed by atoms with E-state index in [1.54, 1.807) is 0 Å². The van der Waals surface area contributed by atoms with Crippen molar-refractivity contribution in [3.63, 3.8) is 0 Å². The number of piperidine rings is 1. The maximum atomic E-state index is 5.95. The largest absolute Gasteiger partial charge is 0.494 e. The topological polar surface area (TPSA) is 38.5 Å². The minimum atomic E-state index is 0.374. The van der Waals surface area contributed by atoms with E-state index in [9.17, 15) is 0 Å². The third-order valence-corrected chi connectivity index (χ3v) is 3.17. The summed E-state index contributed by atoms with van der Waals surface area (Å²) in [4.78, 5) is 2.45. The quantitative estimate of drug-likeness (QED) is 0.791. The second-order valence-electron chi connectivity index (χ2n) is 4.72. The van der Waals surface area contributed by atoms with Crippen LogP contribution in [0.25, 0.3) is 0 Å². The fourth-order valence-electron chi connectivity index (χ4n) is 2.29. The Morgan fingerprint density at radius 3 is 2.88 bits per heavy atom. The average Bonchev–Trinajstić information content (AvgIpc) is 2.36. The molecule has 1 aliphatic rings. The second kappa shape index (κ2) is 6.62. The van der Waals surface area contributed by atoms with Gasteiger partial charge < -0.3 is 15.4 Å². The van der Waals surface area contributed by atoms with Crippen LogP contribution in [0.4, 0.5) is 0 Å². The highest BCUT2D eigenvalue weighted by Gasteiger charge is 2.15. The Balaban J connectivity index is 1.60. The first-order valence-electron chi connectivity index (χ1n) is 6.50. The zero-order chi connectivity index (χ0) is 11.9. The smallest absolute Gasteiger partial charge is 0.119 e. The van der Waals surface area contributed by atoms with E-state index in [1.807, 2.05) is 30.3 Å². The van der Waals surface area contributed by atoms with Crippen LogP contribution in [0.5, 0.6) is 5.75 Å². The first-order chi connectivity index (χ1) is 8.34. The summed E-state index contributed by atoms with van der Waals surface area (Å²) in [5, 5.41) is 0. The van der Waals surface area contributed by atoms with Crippen molar-refractivity contribution in [2.24, 2.45) is 5.73 Å². The summed E-state index contributed by atoms with van der Waals surface area (Å²) in [5.74, 6) is 0.961. The van der Waals surface area contributed by atoms with E-state index in [2.05, 4.69) is 4.90 Å². The van der Waals surface area contributed by atoms with E-state index in [4.69, 9.17) is 10.5 Å². The molecule has 0 amide bonds. The molecule has 17 heavy (non-hydrogen) atoms. The van der Waals surface area contributed by atoms with Crippen molar-refractivity contribution >= 4 is 0 Å². The number of nitrogens with two attached hydrogens (primary N) is 1. The van der Waals surface area contributed by atoms with E-state index in [0.29, 0.717) is 6.04 Å². The molecule has 1 saturated heterocycles. The van der Waals surface area contributed by atoms with Crippen LogP contribution in [-0.4, -0.2) is 37.2 Å². The predicted molar refractivity (Wildman–Crippen MR) is 70.2 cm³/mol. The van der Waals surface area contributed by atoms with Gasteiger partial charge in [0, 0.05) is 19.1 Å². The Morgan fingerprint density at radius 1 is 1.29 bits per heavy atom. The van der Waals surface area contributed by atoms with Gasteiger partial charge in [0.15, 0.2) is 0 Å². The summed E-state index contributed by atoms with van der Waals surface area (Å²) < 4.78 is 5.67. The van der Waals surface area contributed by atoms with Gasteiger partial charge in [-0.3, -0.25) is 0 Å². The van der Waals surface area contributed by atoms with Gasteiger partial charge in [0.05, 0.1) is 6.61 Å². The van der Waals surface area contributed by atoms with E-state index in [1.165, 1.54) is 19.4 Å². The Kier molecular flexibility index (Phi) is 4.83. The van der Waals surface area contributed by atoms with Crippen LogP contribution in [0.2, 0.25) is 0 Å². The molecule has 1 unspecified atom stereocenters. The van der Waals surface area contributed by atoms with Crippen LogP contribution in [0.3, 0.4) is 0 Å². The fraction of sp³-hybridized carbons (Fsp3) is 0.571. The molecule has 1 fully saturated rings. The van der Waals surface area contributed by atoms with Gasteiger partial charge in [-0.2, -0.15) is 0 Å². The van der Waals surface area contributed by atoms with Gasteiger partial charge in [0.25, 0.3) is 0 Å². The van der Waals surface area contributed by atoms with Crippen LogP contribution >= 0.6 is 0 Å². The molecule has 0 saturated carbocycles. The van der Waals surface area contributed by atoms with Gasteiger partial charge in [-0.05, 0) is 37.9 Å². The lowest BCUT2D eigenvalue weighted by atomic mass is 10.1. The van der Waals surface area contributed by atoms with E-state index < -0.39 is 0 Å². The minimum absolute atomic E-state index is 0.374. The Labute approximate surface area is 104 Å². The normalized spacial score (nSPS) is 21.4. The Morgan fingerprint density at radius 2 is 2.12 bits per heavy atom. The van der Waals surface area contributed by atoms with Gasteiger partial charge in [-0.25, -0.2) is 0 Å². The molecule has 94 valence electrons. The molecule has 1 aromatic rings. The molecule has 0 radical (unpaired) electrons. The third-order valence-electron chi connectivity index (χ3n) is 3.17. The van der Waals surface area contributed by atoms with Crippen molar-refractivity contribution in [1.82, 2.24) is 4.90 Å². The van der Waals surface area contributed by atoms with Crippen molar-refractivity contribution in [3.05, 3.63) is 30.3 Å². The number of para-hydroxylation sites is 1. The van der Waals surface area contributed by atoms with Crippen LogP contribution in [0.15, 0.2) is 30.3 Å². The van der Waals surface area contributed by atoms with Crippen molar-refractivity contribution in [2.75, 3.05) is 26.2 Å². The number of ether oxygens (including phenoxy) is 1. The molecule has 1 aromatic carbocycles. The fourth-order valence-corrected chi connectivity index (χ4v) is 2.29. The molecule has 2 rings (SSSR count). The van der Waals surface area contributed by atoms with Gasteiger partial charge >= 0.3 is 0 Å². The molecular formula is C14H22N2O. The number of hydrogen-bond acceptors (Lipinski definition) is 3. The molecular weight excluding hydrogens is 212 g/mol. The molecule has 1 atom stereocenters. The number of nitrogens with zero attached hydrogens (tertiary/aromatic N) is 1. The van der Waals surface area contributed by atoms with Crippen molar-refractivity contribution < 1.29 is 4.74 Å². The monoisotopic (exact) mass is 234 g/mol. The highest BCUT2D eigenvalue weighted by Crippen LogP contribution is 2.10. The summed E-state index contributed by atoms with van der Waals surface area (Å²) in [5.41, 5.74) is 5.95. The second-order valence-corrected chi connectivity index (χ2v) is 4.72. The summed E-state index contributed by atoms with van der Waals surface area (Å²) >= 11 is 0. The zero-order valence-corrected chi connectivity index (χ0v) is 10.3. The summed E-state index contributed by atoms with van der Waals surface area (Å²) in [7, 11) is 0. The summed E-state index contributed by atoms with van der Waals surface area (Å²) in [6.45, 7) is 4.13. The number of likely N-dealkylation sites (tertiary alicyclic amines) is 1. The van der Waals surface area contributed by atoms with E-state index >= 15 is 0 Å². The Bertz CT molecular complexity index is 315. The Hall–Kier alpha value is -1.06. The first kappa shape index (κ1) is 12.4. The molecule has 0 bridgehead atoms. The number of benzene rings is 1. The van der Waals surface area contributed by atoms with Crippen molar-refractivity contribution in [1.29, 1.82) is 0 Å². The molecule has 2 N–H and O–H groups in total. The minimum Gasteiger partial charge on any atom is -0.494 e. The van der Waals surface area contributed by atoms with Crippen LogP contribution < -0.4 is 10.5 Å². The molecule has 3 heteroatoms. The SMILES string of the molecule is NC1CCCN(CCCOc2ccccc2)C1. The van der Waals surface area contributed by atoms with Gasteiger partial charge in [0.2, 0.25) is 0 Å². The third kappa shape index (κ3) is 4.36. The van der Waals surface area contributed by atoms with Crippen LogP contribution in [-0.2, 0) is 0 Å². The highest BCUT2D eigenvalue weighted by atomic mass is 16.5. The number of rotatable bonds is 5. The lowest BCUT2D eigenvalue weighted by molar-refractivity contribution is 0.190. The van der Waals surface area contributed by atoms with Gasteiger partial charge in [-0.15, -0.1) is 0 Å². The van der Waals surface area contributed by atoms with Gasteiger partial charge in [0.1, 0.15) is 5.75 Å². The molecule has 0 aliphatic carbocycles. The zero-order valence-electron chi connectivity index (χ0n) is 10.3. The lowest BCUT2D eigenvalue weighted by Crippen LogP contribution is -2.43. The molecule has 1 aliphatic heterocycles. The predicted octanol–water partition coefficient (Wildman–Crippen LogP) is 1.88. The molecule has 0 spiro atoms. The maximum absolute atomic E-state index is 5.95.